The summed E-state index contributed by atoms with van der Waals surface area (Å²) in [6, 6.07) is 0.428. The van der Waals surface area contributed by atoms with Crippen LogP contribution in [-0.2, 0) is 4.79 Å². The zero-order valence-corrected chi connectivity index (χ0v) is 8.49. The number of rotatable bonds is 7. The maximum Gasteiger partial charge on any atom is 0.304 e. The van der Waals surface area contributed by atoms with Crippen molar-refractivity contribution in [3.05, 3.63) is 0 Å². The van der Waals surface area contributed by atoms with Crippen molar-refractivity contribution in [3.63, 3.8) is 0 Å². The fraction of sp³-hybridized carbons (Fsp3) is 0.875. The van der Waals surface area contributed by atoms with E-state index >= 15 is 0 Å². The van der Waals surface area contributed by atoms with Gasteiger partial charge in [0.15, 0.2) is 0 Å². The first-order valence-electron chi connectivity index (χ1n) is 4.11. The number of carbonyl (C=O) groups is 1. The number of hydrogen-bond acceptors (Lipinski definition) is 3. The van der Waals surface area contributed by atoms with Crippen molar-refractivity contribution < 1.29 is 9.90 Å². The number of thioether (sulfide) groups is 1. The molecule has 12 heavy (non-hydrogen) atoms. The van der Waals surface area contributed by atoms with E-state index in [0.29, 0.717) is 12.6 Å². The molecule has 0 radical (unpaired) electrons. The van der Waals surface area contributed by atoms with E-state index in [-0.39, 0.29) is 6.42 Å². The second-order valence-corrected chi connectivity index (χ2v) is 3.77. The summed E-state index contributed by atoms with van der Waals surface area (Å²) in [4.78, 5) is 10.2. The van der Waals surface area contributed by atoms with Crippen LogP contribution in [0.3, 0.4) is 0 Å². The molecule has 0 aliphatic rings. The first-order valence-corrected chi connectivity index (χ1v) is 5.50. The van der Waals surface area contributed by atoms with Crippen molar-refractivity contribution >= 4 is 17.7 Å². The van der Waals surface area contributed by atoms with Crippen LogP contribution >= 0.6 is 11.8 Å². The van der Waals surface area contributed by atoms with Crippen molar-refractivity contribution in [1.29, 1.82) is 0 Å². The molecule has 1 unspecified atom stereocenters. The maximum absolute atomic E-state index is 10.2. The van der Waals surface area contributed by atoms with E-state index in [1.54, 1.807) is 0 Å². The normalized spacial score (nSPS) is 12.8. The summed E-state index contributed by atoms with van der Waals surface area (Å²) in [6.45, 7) is 2.66. The highest BCUT2D eigenvalue weighted by Crippen LogP contribution is 1.99. The van der Waals surface area contributed by atoms with Crippen molar-refractivity contribution in [2.24, 2.45) is 0 Å². The molecule has 1 atom stereocenters. The third kappa shape index (κ3) is 7.88. The summed E-state index contributed by atoms with van der Waals surface area (Å²) >= 11 is 1.81. The molecule has 0 aromatic carbocycles. The second kappa shape index (κ2) is 7.43. The van der Waals surface area contributed by atoms with Gasteiger partial charge in [-0.05, 0) is 25.4 Å². The molecule has 0 spiro atoms. The van der Waals surface area contributed by atoms with Crippen LogP contribution in [0.2, 0.25) is 0 Å². The molecule has 72 valence electrons. The molecule has 3 nitrogen and oxygen atoms in total. The van der Waals surface area contributed by atoms with E-state index in [1.165, 1.54) is 0 Å². The van der Waals surface area contributed by atoms with Crippen LogP contribution in [0.4, 0.5) is 0 Å². The Kier molecular flexibility index (Phi) is 7.29. The zero-order chi connectivity index (χ0) is 9.40. The van der Waals surface area contributed by atoms with E-state index in [9.17, 15) is 4.79 Å². The van der Waals surface area contributed by atoms with Crippen LogP contribution in [0.5, 0.6) is 0 Å². The number of carboxylic acids is 1. The van der Waals surface area contributed by atoms with Crippen LogP contribution in [0.25, 0.3) is 0 Å². The van der Waals surface area contributed by atoms with E-state index in [4.69, 9.17) is 5.11 Å². The number of aliphatic carboxylic acids is 1. The largest absolute Gasteiger partial charge is 0.481 e. The highest BCUT2D eigenvalue weighted by Gasteiger charge is 2.01. The lowest BCUT2D eigenvalue weighted by Gasteiger charge is -2.11. The topological polar surface area (TPSA) is 49.3 Å². The van der Waals surface area contributed by atoms with Gasteiger partial charge in [0.25, 0.3) is 0 Å². The molecule has 0 amide bonds. The van der Waals surface area contributed by atoms with Crippen LogP contribution in [0.15, 0.2) is 0 Å². The monoisotopic (exact) mass is 191 g/mol. The van der Waals surface area contributed by atoms with Gasteiger partial charge in [0.2, 0.25) is 0 Å². The van der Waals surface area contributed by atoms with Gasteiger partial charge in [-0.3, -0.25) is 4.79 Å². The molecule has 0 aromatic heterocycles. The van der Waals surface area contributed by atoms with Crippen molar-refractivity contribution in [3.8, 4) is 0 Å². The lowest BCUT2D eigenvalue weighted by Crippen LogP contribution is -2.28. The molecule has 0 aromatic rings. The number of nitrogens with one attached hydrogen (secondary N) is 1. The van der Waals surface area contributed by atoms with Gasteiger partial charge in [-0.25, -0.2) is 0 Å². The molecular formula is C8H17NO2S. The molecule has 0 fully saturated rings. The summed E-state index contributed by atoms with van der Waals surface area (Å²) in [5.41, 5.74) is 0. The molecule has 0 heterocycles. The Morgan fingerprint density at radius 3 is 2.83 bits per heavy atom. The van der Waals surface area contributed by atoms with E-state index in [1.807, 2.05) is 11.8 Å². The summed E-state index contributed by atoms with van der Waals surface area (Å²) < 4.78 is 0. The number of hydrogen-bond donors (Lipinski definition) is 2. The Bertz CT molecular complexity index is 130. The molecular weight excluding hydrogens is 174 g/mol. The lowest BCUT2D eigenvalue weighted by atomic mass is 10.2. The first-order chi connectivity index (χ1) is 5.66. The lowest BCUT2D eigenvalue weighted by molar-refractivity contribution is -0.136. The van der Waals surface area contributed by atoms with E-state index in [0.717, 1.165) is 12.2 Å². The highest BCUT2D eigenvalue weighted by molar-refractivity contribution is 7.98. The number of carboxylic acid groups (broad SMARTS) is 1. The Balaban J connectivity index is 3.19. The Morgan fingerprint density at radius 2 is 2.33 bits per heavy atom. The van der Waals surface area contributed by atoms with Crippen molar-refractivity contribution in [1.82, 2.24) is 5.32 Å². The van der Waals surface area contributed by atoms with Gasteiger partial charge >= 0.3 is 5.97 Å². The molecule has 0 saturated heterocycles. The molecule has 0 saturated carbocycles. The SMILES string of the molecule is CSCCC(C)NCCC(=O)O. The molecule has 0 bridgehead atoms. The van der Waals surface area contributed by atoms with Gasteiger partial charge in [0, 0.05) is 12.6 Å². The van der Waals surface area contributed by atoms with Crippen molar-refractivity contribution in [2.45, 2.75) is 25.8 Å². The van der Waals surface area contributed by atoms with Crippen molar-refractivity contribution in [2.75, 3.05) is 18.6 Å². The Hall–Kier alpha value is -0.220. The molecule has 0 aliphatic heterocycles. The fourth-order valence-electron chi connectivity index (χ4n) is 0.822. The third-order valence-corrected chi connectivity index (χ3v) is 2.23. The fourth-order valence-corrected chi connectivity index (χ4v) is 1.41. The first kappa shape index (κ1) is 11.8. The van der Waals surface area contributed by atoms with Gasteiger partial charge in [0.1, 0.15) is 0 Å². The quantitative estimate of drug-likeness (QED) is 0.634. The average Bonchev–Trinajstić information content (AvgIpc) is 2.00. The van der Waals surface area contributed by atoms with Gasteiger partial charge < -0.3 is 10.4 Å². The van der Waals surface area contributed by atoms with Crippen LogP contribution < -0.4 is 5.32 Å². The summed E-state index contributed by atoms with van der Waals surface area (Å²) in [5.74, 6) is 0.390. The Morgan fingerprint density at radius 1 is 1.67 bits per heavy atom. The molecule has 0 rings (SSSR count). The minimum atomic E-state index is -0.737. The minimum absolute atomic E-state index is 0.212. The van der Waals surface area contributed by atoms with Crippen LogP contribution in [-0.4, -0.2) is 35.7 Å². The zero-order valence-electron chi connectivity index (χ0n) is 7.67. The Labute approximate surface area is 77.9 Å². The van der Waals surface area contributed by atoms with Gasteiger partial charge in [-0.1, -0.05) is 0 Å². The highest BCUT2D eigenvalue weighted by atomic mass is 32.2. The van der Waals surface area contributed by atoms with E-state index in [2.05, 4.69) is 18.5 Å². The minimum Gasteiger partial charge on any atom is -0.481 e. The summed E-state index contributed by atoms with van der Waals surface area (Å²) in [5, 5.41) is 11.5. The van der Waals surface area contributed by atoms with Crippen LogP contribution in [0, 0.1) is 0 Å². The maximum atomic E-state index is 10.2. The third-order valence-electron chi connectivity index (χ3n) is 1.59. The standard InChI is InChI=1S/C8H17NO2S/c1-7(4-6-12-2)9-5-3-8(10)11/h7,9H,3-6H2,1-2H3,(H,10,11). The van der Waals surface area contributed by atoms with Gasteiger partial charge in [0.05, 0.1) is 6.42 Å². The second-order valence-electron chi connectivity index (χ2n) is 2.78. The van der Waals surface area contributed by atoms with Gasteiger partial charge in [-0.15, -0.1) is 0 Å². The van der Waals surface area contributed by atoms with Crippen LogP contribution in [0.1, 0.15) is 19.8 Å². The average molecular weight is 191 g/mol. The molecule has 2 N–H and O–H groups in total. The molecule has 4 heteroatoms. The molecule has 0 aliphatic carbocycles. The summed E-state index contributed by atoms with van der Waals surface area (Å²) in [7, 11) is 0. The predicted octanol–water partition coefficient (Wildman–Crippen LogP) is 1.19. The smallest absolute Gasteiger partial charge is 0.304 e. The predicted molar refractivity (Wildman–Crippen MR) is 52.7 cm³/mol. The van der Waals surface area contributed by atoms with E-state index < -0.39 is 5.97 Å². The summed E-state index contributed by atoms with van der Waals surface area (Å²) in [6.07, 6.45) is 3.38. The van der Waals surface area contributed by atoms with Gasteiger partial charge in [-0.2, -0.15) is 11.8 Å².